The number of benzene rings is 1. The first-order chi connectivity index (χ1) is 10.7. The number of halogens is 6. The van der Waals surface area contributed by atoms with Crippen molar-refractivity contribution in [2.24, 2.45) is 0 Å². The molecule has 0 spiro atoms. The van der Waals surface area contributed by atoms with Crippen molar-refractivity contribution < 1.29 is 22.4 Å². The van der Waals surface area contributed by atoms with E-state index in [0.29, 0.717) is 12.1 Å². The van der Waals surface area contributed by atoms with Crippen LogP contribution in [0.25, 0.3) is 5.69 Å². The second-order valence-corrected chi connectivity index (χ2v) is 5.11. The van der Waals surface area contributed by atoms with Gasteiger partial charge in [-0.15, -0.1) is 0 Å². The standard InChI is InChI=1S/C13H5Cl2F4N3O/c14-8-1-6(13(17,18)19)2-9(15)12(8)22-5-7(11(23)3-16)10(4-20)21-22/h1-2,5H,3H2. The molecule has 23 heavy (non-hydrogen) atoms. The number of hydrogen-bond donors (Lipinski definition) is 0. The zero-order chi connectivity index (χ0) is 17.4. The Morgan fingerprint density at radius 2 is 1.87 bits per heavy atom. The van der Waals surface area contributed by atoms with Crippen LogP contribution < -0.4 is 0 Å². The van der Waals surface area contributed by atoms with Crippen LogP contribution in [-0.2, 0) is 6.18 Å². The van der Waals surface area contributed by atoms with Crippen molar-refractivity contribution >= 4 is 29.0 Å². The third-order valence-electron chi connectivity index (χ3n) is 2.82. The molecule has 0 aliphatic rings. The van der Waals surface area contributed by atoms with Gasteiger partial charge in [0.25, 0.3) is 0 Å². The smallest absolute Gasteiger partial charge is 0.291 e. The van der Waals surface area contributed by atoms with Crippen molar-refractivity contribution in [2.45, 2.75) is 6.18 Å². The van der Waals surface area contributed by atoms with Crippen LogP contribution in [0.15, 0.2) is 18.3 Å². The van der Waals surface area contributed by atoms with Crippen molar-refractivity contribution in [3.8, 4) is 11.8 Å². The summed E-state index contributed by atoms with van der Waals surface area (Å²) < 4.78 is 51.4. The average Bonchev–Trinajstić information content (AvgIpc) is 2.88. The Labute approximate surface area is 136 Å². The third-order valence-corrected chi connectivity index (χ3v) is 3.39. The first-order valence-electron chi connectivity index (χ1n) is 5.84. The van der Waals surface area contributed by atoms with Crippen LogP contribution in [0.1, 0.15) is 21.6 Å². The minimum Gasteiger partial charge on any atom is -0.291 e. The molecule has 1 aromatic carbocycles. The van der Waals surface area contributed by atoms with E-state index in [1.54, 1.807) is 6.07 Å². The molecule has 0 unspecified atom stereocenters. The maximum absolute atomic E-state index is 12.7. The van der Waals surface area contributed by atoms with E-state index in [1.807, 2.05) is 0 Å². The molecule has 1 heterocycles. The van der Waals surface area contributed by atoms with Crippen molar-refractivity contribution in [2.75, 3.05) is 6.67 Å². The average molecular weight is 366 g/mol. The molecule has 2 rings (SSSR count). The molecular formula is C13H5Cl2F4N3O. The Hall–Kier alpha value is -2.11. The quantitative estimate of drug-likeness (QED) is 0.604. The summed E-state index contributed by atoms with van der Waals surface area (Å²) in [5.74, 6) is -0.994. The Morgan fingerprint density at radius 1 is 1.30 bits per heavy atom. The van der Waals surface area contributed by atoms with Gasteiger partial charge >= 0.3 is 6.18 Å². The topological polar surface area (TPSA) is 58.7 Å². The molecule has 0 aliphatic carbocycles. The number of rotatable bonds is 3. The zero-order valence-electron chi connectivity index (χ0n) is 11.0. The van der Waals surface area contributed by atoms with Gasteiger partial charge in [0.15, 0.2) is 18.2 Å². The van der Waals surface area contributed by atoms with E-state index in [4.69, 9.17) is 28.5 Å². The molecule has 0 amide bonds. The fraction of sp³-hybridized carbons (Fsp3) is 0.154. The van der Waals surface area contributed by atoms with Gasteiger partial charge in [0.05, 0.1) is 21.2 Å². The SMILES string of the molecule is N#Cc1nn(-c2c(Cl)cc(C(F)(F)F)cc2Cl)cc1C(=O)CF. The second kappa shape index (κ2) is 6.18. The number of nitriles is 1. The predicted octanol–water partition coefficient (Wildman–Crippen LogP) is 4.22. The van der Waals surface area contributed by atoms with Crippen LogP contribution in [0.2, 0.25) is 10.0 Å². The maximum atomic E-state index is 12.7. The lowest BCUT2D eigenvalue weighted by molar-refractivity contribution is -0.137. The van der Waals surface area contributed by atoms with Gasteiger partial charge in [-0.05, 0) is 12.1 Å². The van der Waals surface area contributed by atoms with Crippen molar-refractivity contribution in [1.82, 2.24) is 9.78 Å². The van der Waals surface area contributed by atoms with Crippen molar-refractivity contribution in [1.29, 1.82) is 5.26 Å². The van der Waals surface area contributed by atoms with Crippen LogP contribution in [0.5, 0.6) is 0 Å². The van der Waals surface area contributed by atoms with Gasteiger partial charge in [0.1, 0.15) is 11.8 Å². The molecule has 0 aliphatic heterocycles. The maximum Gasteiger partial charge on any atom is 0.416 e. The second-order valence-electron chi connectivity index (χ2n) is 4.29. The Morgan fingerprint density at radius 3 is 2.30 bits per heavy atom. The highest BCUT2D eigenvalue weighted by Gasteiger charge is 2.32. The van der Waals surface area contributed by atoms with Crippen molar-refractivity contribution in [3.63, 3.8) is 0 Å². The molecule has 0 atom stereocenters. The molecule has 10 heteroatoms. The highest BCUT2D eigenvalue weighted by molar-refractivity contribution is 6.37. The van der Waals surface area contributed by atoms with Crippen LogP contribution >= 0.6 is 23.2 Å². The minimum atomic E-state index is -4.65. The van der Waals surface area contributed by atoms with E-state index < -0.39 is 34.2 Å². The molecule has 0 bridgehead atoms. The predicted molar refractivity (Wildman–Crippen MR) is 73.6 cm³/mol. The van der Waals surface area contributed by atoms with Gasteiger partial charge < -0.3 is 0 Å². The number of carbonyl (C=O) groups is 1. The number of hydrogen-bond acceptors (Lipinski definition) is 3. The summed E-state index contributed by atoms with van der Waals surface area (Å²) in [5, 5.41) is 11.8. The summed E-state index contributed by atoms with van der Waals surface area (Å²) in [6.45, 7) is -1.35. The lowest BCUT2D eigenvalue weighted by Gasteiger charge is -2.12. The van der Waals surface area contributed by atoms with Gasteiger partial charge in [-0.1, -0.05) is 23.2 Å². The molecular weight excluding hydrogens is 361 g/mol. The summed E-state index contributed by atoms with van der Waals surface area (Å²) >= 11 is 11.6. The van der Waals surface area contributed by atoms with Crippen LogP contribution in [0, 0.1) is 11.3 Å². The number of Topliss-reactive ketones (excluding diaryl/α,β-unsaturated/α-hetero) is 1. The van der Waals surface area contributed by atoms with Gasteiger partial charge in [0, 0.05) is 6.20 Å². The van der Waals surface area contributed by atoms with E-state index in [2.05, 4.69) is 5.10 Å². The number of alkyl halides is 4. The van der Waals surface area contributed by atoms with Crippen LogP contribution in [0.3, 0.4) is 0 Å². The molecule has 0 radical (unpaired) electrons. The monoisotopic (exact) mass is 365 g/mol. The molecule has 0 fully saturated rings. The van der Waals surface area contributed by atoms with Gasteiger partial charge in [0.2, 0.25) is 0 Å². The molecule has 2 aromatic rings. The first-order valence-corrected chi connectivity index (χ1v) is 6.60. The summed E-state index contributed by atoms with van der Waals surface area (Å²) in [5.41, 5.74) is -1.93. The van der Waals surface area contributed by atoms with Crippen molar-refractivity contribution in [3.05, 3.63) is 45.2 Å². The lowest BCUT2D eigenvalue weighted by Crippen LogP contribution is -2.07. The Kier molecular flexibility index (Phi) is 4.63. The van der Waals surface area contributed by atoms with Crippen LogP contribution in [0.4, 0.5) is 17.6 Å². The van der Waals surface area contributed by atoms with E-state index in [0.717, 1.165) is 10.9 Å². The van der Waals surface area contributed by atoms with Gasteiger partial charge in [-0.25, -0.2) is 9.07 Å². The molecule has 1 aromatic heterocycles. The summed E-state index contributed by atoms with van der Waals surface area (Å²) in [4.78, 5) is 11.4. The van der Waals surface area contributed by atoms with Gasteiger partial charge in [-0.3, -0.25) is 4.79 Å². The number of ketones is 1. The zero-order valence-corrected chi connectivity index (χ0v) is 12.5. The number of nitrogens with zero attached hydrogens (tertiary/aromatic N) is 3. The minimum absolute atomic E-state index is 0.157. The third kappa shape index (κ3) is 3.30. The normalized spacial score (nSPS) is 11.3. The van der Waals surface area contributed by atoms with Gasteiger partial charge in [-0.2, -0.15) is 23.5 Å². The fourth-order valence-corrected chi connectivity index (χ4v) is 2.46. The summed E-state index contributed by atoms with van der Waals surface area (Å²) in [6, 6.07) is 2.85. The lowest BCUT2D eigenvalue weighted by atomic mass is 10.2. The number of carbonyl (C=O) groups excluding carboxylic acids is 1. The van der Waals surface area contributed by atoms with E-state index in [1.165, 1.54) is 0 Å². The largest absolute Gasteiger partial charge is 0.416 e. The molecule has 0 saturated heterocycles. The first kappa shape index (κ1) is 17.2. The fourth-order valence-electron chi connectivity index (χ4n) is 1.80. The Balaban J connectivity index is 2.62. The summed E-state index contributed by atoms with van der Waals surface area (Å²) in [6.07, 6.45) is -3.66. The summed E-state index contributed by atoms with van der Waals surface area (Å²) in [7, 11) is 0. The molecule has 4 nitrogen and oxygen atoms in total. The number of aromatic nitrogens is 2. The van der Waals surface area contributed by atoms with E-state index in [-0.39, 0.29) is 16.9 Å². The molecule has 120 valence electrons. The highest BCUT2D eigenvalue weighted by atomic mass is 35.5. The molecule has 0 N–H and O–H groups in total. The van der Waals surface area contributed by atoms with E-state index in [9.17, 15) is 22.4 Å². The Bertz CT molecular complexity index is 801. The highest BCUT2D eigenvalue weighted by Crippen LogP contribution is 2.37. The molecule has 0 saturated carbocycles. The van der Waals surface area contributed by atoms with Crippen LogP contribution in [-0.4, -0.2) is 22.2 Å². The van der Waals surface area contributed by atoms with E-state index >= 15 is 0 Å².